The van der Waals surface area contributed by atoms with E-state index in [1.807, 2.05) is 20.8 Å². The highest BCUT2D eigenvalue weighted by atomic mass is 79.9. The zero-order valence-electron chi connectivity index (χ0n) is 10.5. The van der Waals surface area contributed by atoms with Crippen LogP contribution in [0, 0.1) is 5.41 Å². The number of aromatic nitrogens is 1. The molecule has 1 aromatic rings. The van der Waals surface area contributed by atoms with E-state index in [1.54, 1.807) is 0 Å². The first-order valence-corrected chi connectivity index (χ1v) is 8.14. The molecule has 0 unspecified atom stereocenters. The van der Waals surface area contributed by atoms with Crippen LogP contribution in [-0.2, 0) is 10.0 Å². The third-order valence-electron chi connectivity index (χ3n) is 2.76. The van der Waals surface area contributed by atoms with Crippen LogP contribution in [-0.4, -0.2) is 19.9 Å². The smallest absolute Gasteiger partial charge is 0.242 e. The molecule has 7 heteroatoms. The van der Waals surface area contributed by atoms with Crippen molar-refractivity contribution >= 4 is 37.6 Å². The maximum atomic E-state index is 12.1. The van der Waals surface area contributed by atoms with Crippen LogP contribution in [0.2, 0.25) is 5.15 Å². The van der Waals surface area contributed by atoms with Gasteiger partial charge >= 0.3 is 0 Å². The summed E-state index contributed by atoms with van der Waals surface area (Å²) in [5.41, 5.74) is -0.0982. The van der Waals surface area contributed by atoms with Crippen molar-refractivity contribution in [1.29, 1.82) is 0 Å². The molecule has 0 spiro atoms. The van der Waals surface area contributed by atoms with E-state index in [0.29, 0.717) is 11.0 Å². The molecule has 102 valence electrons. The largest absolute Gasteiger partial charge is 0.243 e. The topological polar surface area (TPSA) is 59.1 Å². The van der Waals surface area contributed by atoms with Gasteiger partial charge in [0.2, 0.25) is 10.0 Å². The van der Waals surface area contributed by atoms with Gasteiger partial charge in [0.15, 0.2) is 0 Å². The molecule has 0 fully saturated rings. The van der Waals surface area contributed by atoms with Gasteiger partial charge in [0.1, 0.15) is 10.0 Å². The van der Waals surface area contributed by atoms with Crippen molar-refractivity contribution in [1.82, 2.24) is 9.71 Å². The highest BCUT2D eigenvalue weighted by Crippen LogP contribution is 2.24. The second kappa shape index (κ2) is 5.86. The molecular formula is C11H16BrClN2O2S. The highest BCUT2D eigenvalue weighted by Gasteiger charge is 2.23. The van der Waals surface area contributed by atoms with E-state index in [-0.39, 0.29) is 15.5 Å². The third kappa shape index (κ3) is 4.19. The lowest BCUT2D eigenvalue weighted by Crippen LogP contribution is -2.33. The second-order valence-corrected chi connectivity index (χ2v) is 7.79. The molecule has 1 N–H and O–H groups in total. The lowest BCUT2D eigenvalue weighted by molar-refractivity contribution is 0.350. The van der Waals surface area contributed by atoms with Gasteiger partial charge in [0, 0.05) is 17.2 Å². The van der Waals surface area contributed by atoms with Crippen molar-refractivity contribution in [3.8, 4) is 0 Å². The minimum Gasteiger partial charge on any atom is -0.242 e. The zero-order valence-corrected chi connectivity index (χ0v) is 13.7. The molecule has 0 radical (unpaired) electrons. The summed E-state index contributed by atoms with van der Waals surface area (Å²) in [4.78, 5) is 3.80. The number of nitrogens with one attached hydrogen (secondary N) is 1. The van der Waals surface area contributed by atoms with Gasteiger partial charge in [-0.1, -0.05) is 32.4 Å². The third-order valence-corrected chi connectivity index (χ3v) is 5.02. The molecule has 1 heterocycles. The van der Waals surface area contributed by atoms with Crippen molar-refractivity contribution in [2.45, 2.75) is 32.1 Å². The Balaban J connectivity index is 2.97. The lowest BCUT2D eigenvalue weighted by atomic mass is 9.91. The summed E-state index contributed by atoms with van der Waals surface area (Å²) in [6, 6.07) is 1.44. The van der Waals surface area contributed by atoms with E-state index in [2.05, 4.69) is 25.6 Å². The highest BCUT2D eigenvalue weighted by molar-refractivity contribution is 9.10. The predicted octanol–water partition coefficient (Wildman–Crippen LogP) is 3.21. The average Bonchev–Trinajstić information content (AvgIpc) is 2.30. The zero-order chi connectivity index (χ0) is 14.0. The lowest BCUT2D eigenvalue weighted by Gasteiger charge is -2.22. The summed E-state index contributed by atoms with van der Waals surface area (Å²) in [5.74, 6) is 0. The van der Waals surface area contributed by atoms with Crippen LogP contribution in [0.3, 0.4) is 0 Å². The molecule has 0 saturated carbocycles. The second-order valence-electron chi connectivity index (χ2n) is 4.78. The van der Waals surface area contributed by atoms with Gasteiger partial charge in [-0.3, -0.25) is 0 Å². The molecule has 0 aliphatic rings. The van der Waals surface area contributed by atoms with Crippen molar-refractivity contribution in [3.63, 3.8) is 0 Å². The maximum absolute atomic E-state index is 12.1. The van der Waals surface area contributed by atoms with Crippen molar-refractivity contribution in [3.05, 3.63) is 21.9 Å². The van der Waals surface area contributed by atoms with E-state index < -0.39 is 10.0 Å². The van der Waals surface area contributed by atoms with Crippen LogP contribution in [0.15, 0.2) is 21.6 Å². The number of rotatable bonds is 5. The Morgan fingerprint density at radius 2 is 2.11 bits per heavy atom. The van der Waals surface area contributed by atoms with Gasteiger partial charge in [-0.2, -0.15) is 0 Å². The summed E-state index contributed by atoms with van der Waals surface area (Å²) >= 11 is 8.99. The normalized spacial score (nSPS) is 12.7. The fraction of sp³-hybridized carbons (Fsp3) is 0.545. The molecule has 0 atom stereocenters. The molecule has 4 nitrogen and oxygen atoms in total. The molecule has 1 rings (SSSR count). The van der Waals surface area contributed by atoms with Crippen LogP contribution in [0.25, 0.3) is 0 Å². The molecule has 0 amide bonds. The number of hydrogen-bond acceptors (Lipinski definition) is 3. The summed E-state index contributed by atoms with van der Waals surface area (Å²) in [6.45, 7) is 6.36. The summed E-state index contributed by atoms with van der Waals surface area (Å²) in [5, 5.41) is -0.0278. The van der Waals surface area contributed by atoms with Crippen molar-refractivity contribution < 1.29 is 8.42 Å². The van der Waals surface area contributed by atoms with Crippen molar-refractivity contribution in [2.75, 3.05) is 6.54 Å². The predicted molar refractivity (Wildman–Crippen MR) is 76.2 cm³/mol. The number of sulfonamides is 1. The van der Waals surface area contributed by atoms with Gasteiger partial charge < -0.3 is 0 Å². The monoisotopic (exact) mass is 354 g/mol. The van der Waals surface area contributed by atoms with Gasteiger partial charge in [-0.05, 0) is 33.8 Å². The van der Waals surface area contributed by atoms with Crippen LogP contribution in [0.5, 0.6) is 0 Å². The number of hydrogen-bond donors (Lipinski definition) is 1. The molecule has 0 saturated heterocycles. The van der Waals surface area contributed by atoms with Gasteiger partial charge in [0.05, 0.1) is 0 Å². The summed E-state index contributed by atoms with van der Waals surface area (Å²) in [7, 11) is -3.63. The summed E-state index contributed by atoms with van der Waals surface area (Å²) < 4.78 is 27.4. The molecule has 1 aromatic heterocycles. The minimum atomic E-state index is -3.63. The Kier molecular flexibility index (Phi) is 5.17. The van der Waals surface area contributed by atoms with Crippen molar-refractivity contribution in [2.24, 2.45) is 5.41 Å². The Bertz CT molecular complexity index is 532. The number of nitrogens with zero attached hydrogens (tertiary/aromatic N) is 1. The standard InChI is InChI=1S/C11H16BrClN2O2S/c1-4-11(2,3)7-15-18(16,17)9-5-8(12)6-14-10(9)13/h5-6,15H,4,7H2,1-3H3. The number of pyridine rings is 1. The average molecular weight is 356 g/mol. The first-order valence-electron chi connectivity index (χ1n) is 5.49. The maximum Gasteiger partial charge on any atom is 0.243 e. The Labute approximate surface area is 121 Å². The van der Waals surface area contributed by atoms with Crippen LogP contribution in [0.1, 0.15) is 27.2 Å². The molecule has 18 heavy (non-hydrogen) atoms. The Hall–Kier alpha value is -0.170. The van der Waals surface area contributed by atoms with Crippen LogP contribution >= 0.6 is 27.5 Å². The van der Waals surface area contributed by atoms with Crippen LogP contribution < -0.4 is 4.72 Å². The van der Waals surface area contributed by atoms with Crippen LogP contribution in [0.4, 0.5) is 0 Å². The Morgan fingerprint density at radius 3 is 2.67 bits per heavy atom. The molecule has 0 aliphatic carbocycles. The Morgan fingerprint density at radius 1 is 1.50 bits per heavy atom. The van der Waals surface area contributed by atoms with E-state index in [4.69, 9.17) is 11.6 Å². The van der Waals surface area contributed by atoms with Gasteiger partial charge in [0.25, 0.3) is 0 Å². The molecule has 0 bridgehead atoms. The van der Waals surface area contributed by atoms with Gasteiger partial charge in [-0.25, -0.2) is 18.1 Å². The fourth-order valence-corrected chi connectivity index (χ4v) is 3.27. The SMILES string of the molecule is CCC(C)(C)CNS(=O)(=O)c1cc(Br)cnc1Cl. The molecular weight excluding hydrogens is 340 g/mol. The molecule has 0 aromatic carbocycles. The van der Waals surface area contributed by atoms with E-state index >= 15 is 0 Å². The summed E-state index contributed by atoms with van der Waals surface area (Å²) in [6.07, 6.45) is 2.33. The fourth-order valence-electron chi connectivity index (χ4n) is 1.09. The van der Waals surface area contributed by atoms with E-state index in [1.165, 1.54) is 12.3 Å². The first kappa shape index (κ1) is 15.9. The quantitative estimate of drug-likeness (QED) is 0.825. The minimum absolute atomic E-state index is 0.00885. The van der Waals surface area contributed by atoms with E-state index in [0.717, 1.165) is 6.42 Å². The number of halogens is 2. The first-order chi connectivity index (χ1) is 8.18. The van der Waals surface area contributed by atoms with Gasteiger partial charge in [-0.15, -0.1) is 0 Å². The van der Waals surface area contributed by atoms with E-state index in [9.17, 15) is 8.42 Å². The molecule has 0 aliphatic heterocycles.